The van der Waals surface area contributed by atoms with E-state index in [0.717, 1.165) is 19.5 Å². The molecular formula is C16H23NO2S. The van der Waals surface area contributed by atoms with Crippen LogP contribution in [0.1, 0.15) is 18.9 Å². The molecule has 0 saturated heterocycles. The van der Waals surface area contributed by atoms with Crippen LogP contribution in [0.4, 0.5) is 0 Å². The van der Waals surface area contributed by atoms with E-state index in [-0.39, 0.29) is 0 Å². The maximum absolute atomic E-state index is 10.5. The van der Waals surface area contributed by atoms with Crippen molar-refractivity contribution in [3.63, 3.8) is 0 Å². The summed E-state index contributed by atoms with van der Waals surface area (Å²) in [5, 5.41) is 17.2. The molecule has 0 saturated carbocycles. The average molecular weight is 293 g/mol. The molecule has 20 heavy (non-hydrogen) atoms. The van der Waals surface area contributed by atoms with Gasteiger partial charge in [-0.2, -0.15) is 0 Å². The molecule has 0 aliphatic carbocycles. The molecule has 2 aromatic rings. The molecule has 0 bridgehead atoms. The van der Waals surface area contributed by atoms with Gasteiger partial charge in [0.15, 0.2) is 0 Å². The fourth-order valence-electron chi connectivity index (χ4n) is 2.33. The zero-order chi connectivity index (χ0) is 14.4. The summed E-state index contributed by atoms with van der Waals surface area (Å²) >= 11 is 1.75. The maximum atomic E-state index is 10.5. The normalized spacial score (nSPS) is 14.6. The van der Waals surface area contributed by atoms with Crippen LogP contribution in [0.3, 0.4) is 0 Å². The summed E-state index contributed by atoms with van der Waals surface area (Å²) in [7, 11) is 1.69. The zero-order valence-corrected chi connectivity index (χ0v) is 13.0. The van der Waals surface area contributed by atoms with Crippen LogP contribution in [0, 0.1) is 0 Å². The van der Waals surface area contributed by atoms with Gasteiger partial charge in [0.2, 0.25) is 0 Å². The van der Waals surface area contributed by atoms with E-state index in [4.69, 9.17) is 4.74 Å². The van der Waals surface area contributed by atoms with Crippen molar-refractivity contribution in [1.82, 2.24) is 5.32 Å². The molecule has 110 valence electrons. The largest absolute Gasteiger partial charge is 0.390 e. The predicted octanol–water partition coefficient (Wildman–Crippen LogP) is 2.82. The summed E-state index contributed by atoms with van der Waals surface area (Å²) in [5.41, 5.74) is 0.566. The minimum atomic E-state index is -0.677. The van der Waals surface area contributed by atoms with Gasteiger partial charge in [-0.05, 0) is 42.3 Å². The lowest BCUT2D eigenvalue weighted by molar-refractivity contribution is 0.0514. The van der Waals surface area contributed by atoms with Gasteiger partial charge in [0.05, 0.1) is 12.2 Å². The van der Waals surface area contributed by atoms with Crippen LogP contribution >= 0.6 is 11.3 Å². The first kappa shape index (κ1) is 15.4. The third-order valence-corrected chi connectivity index (χ3v) is 4.47. The predicted molar refractivity (Wildman–Crippen MR) is 85.5 cm³/mol. The van der Waals surface area contributed by atoms with Gasteiger partial charge in [0.25, 0.3) is 0 Å². The minimum Gasteiger partial charge on any atom is -0.390 e. The Morgan fingerprint density at radius 1 is 1.30 bits per heavy atom. The number of ether oxygens (including phenoxy) is 1. The lowest BCUT2D eigenvalue weighted by Crippen LogP contribution is -2.33. The van der Waals surface area contributed by atoms with Crippen LogP contribution < -0.4 is 5.32 Å². The van der Waals surface area contributed by atoms with Crippen molar-refractivity contribution in [2.75, 3.05) is 26.8 Å². The Labute approximate surface area is 124 Å². The Morgan fingerprint density at radius 2 is 2.10 bits per heavy atom. The van der Waals surface area contributed by atoms with E-state index in [1.807, 2.05) is 6.92 Å². The smallest absolute Gasteiger partial charge is 0.0672 e. The molecule has 0 spiro atoms. The van der Waals surface area contributed by atoms with E-state index < -0.39 is 5.60 Å². The number of methoxy groups -OCH3 is 1. The highest BCUT2D eigenvalue weighted by molar-refractivity contribution is 7.17. The van der Waals surface area contributed by atoms with Crippen LogP contribution in [0.2, 0.25) is 0 Å². The standard InChI is InChI=1S/C16H23NO2S/c1-16(18,7-8-17-9-10-19-2)11-13-12-20-15-6-4-3-5-14(13)15/h3-6,12,17-18H,7-11H2,1-2H3. The summed E-state index contributed by atoms with van der Waals surface area (Å²) in [6.45, 7) is 4.25. The number of benzene rings is 1. The Hall–Kier alpha value is -0.940. The number of hydrogen-bond acceptors (Lipinski definition) is 4. The summed E-state index contributed by atoms with van der Waals surface area (Å²) < 4.78 is 6.27. The molecule has 0 radical (unpaired) electrons. The molecule has 0 fully saturated rings. The second kappa shape index (κ2) is 7.18. The van der Waals surface area contributed by atoms with Crippen molar-refractivity contribution in [3.8, 4) is 0 Å². The van der Waals surface area contributed by atoms with Crippen molar-refractivity contribution in [2.45, 2.75) is 25.4 Å². The van der Waals surface area contributed by atoms with Gasteiger partial charge in [0.1, 0.15) is 0 Å². The molecule has 2 N–H and O–H groups in total. The fourth-order valence-corrected chi connectivity index (χ4v) is 3.29. The first-order chi connectivity index (χ1) is 9.62. The third kappa shape index (κ3) is 4.28. The molecule has 1 unspecified atom stereocenters. The van der Waals surface area contributed by atoms with E-state index >= 15 is 0 Å². The lowest BCUT2D eigenvalue weighted by atomic mass is 9.93. The lowest BCUT2D eigenvalue weighted by Gasteiger charge is -2.23. The second-order valence-electron chi connectivity index (χ2n) is 5.42. The van der Waals surface area contributed by atoms with Crippen molar-refractivity contribution in [2.24, 2.45) is 0 Å². The van der Waals surface area contributed by atoms with Crippen LogP contribution in [0.5, 0.6) is 0 Å². The monoisotopic (exact) mass is 293 g/mol. The van der Waals surface area contributed by atoms with Gasteiger partial charge in [-0.1, -0.05) is 18.2 Å². The number of thiophene rings is 1. The quantitative estimate of drug-likeness (QED) is 0.735. The fraction of sp³-hybridized carbons (Fsp3) is 0.500. The van der Waals surface area contributed by atoms with Crippen molar-refractivity contribution in [1.29, 1.82) is 0 Å². The zero-order valence-electron chi connectivity index (χ0n) is 12.2. The molecule has 3 nitrogen and oxygen atoms in total. The summed E-state index contributed by atoms with van der Waals surface area (Å²) in [5.74, 6) is 0. The van der Waals surface area contributed by atoms with E-state index in [2.05, 4.69) is 35.0 Å². The van der Waals surface area contributed by atoms with Gasteiger partial charge in [-0.15, -0.1) is 11.3 Å². The highest BCUT2D eigenvalue weighted by atomic mass is 32.1. The van der Waals surface area contributed by atoms with Gasteiger partial charge in [-0.3, -0.25) is 0 Å². The molecular weight excluding hydrogens is 270 g/mol. The molecule has 0 amide bonds. The molecule has 1 aromatic carbocycles. The van der Waals surface area contributed by atoms with E-state index in [0.29, 0.717) is 13.0 Å². The number of nitrogens with one attached hydrogen (secondary N) is 1. The van der Waals surface area contributed by atoms with E-state index in [9.17, 15) is 5.11 Å². The average Bonchev–Trinajstić information content (AvgIpc) is 2.81. The van der Waals surface area contributed by atoms with Crippen LogP contribution in [0.15, 0.2) is 29.6 Å². The van der Waals surface area contributed by atoms with Crippen LogP contribution in [0.25, 0.3) is 10.1 Å². The molecule has 2 rings (SSSR count). The highest BCUT2D eigenvalue weighted by Gasteiger charge is 2.22. The Morgan fingerprint density at radius 3 is 2.90 bits per heavy atom. The van der Waals surface area contributed by atoms with Gasteiger partial charge in [-0.25, -0.2) is 0 Å². The minimum absolute atomic E-state index is 0.677. The number of hydrogen-bond donors (Lipinski definition) is 2. The summed E-state index contributed by atoms with van der Waals surface area (Å²) in [6.07, 6.45) is 1.43. The van der Waals surface area contributed by atoms with Gasteiger partial charge in [0, 0.05) is 24.8 Å². The first-order valence-electron chi connectivity index (χ1n) is 6.99. The molecule has 0 aliphatic rings. The maximum Gasteiger partial charge on any atom is 0.0672 e. The third-order valence-electron chi connectivity index (χ3n) is 3.46. The topological polar surface area (TPSA) is 41.5 Å². The van der Waals surface area contributed by atoms with Crippen molar-refractivity contribution in [3.05, 3.63) is 35.2 Å². The first-order valence-corrected chi connectivity index (χ1v) is 7.87. The molecule has 1 aromatic heterocycles. The van der Waals surface area contributed by atoms with E-state index in [1.54, 1.807) is 18.4 Å². The Kier molecular flexibility index (Phi) is 5.54. The van der Waals surface area contributed by atoms with Crippen LogP contribution in [-0.4, -0.2) is 37.5 Å². The Bertz CT molecular complexity index is 536. The molecule has 4 heteroatoms. The Balaban J connectivity index is 1.90. The summed E-state index contributed by atoms with van der Waals surface area (Å²) in [6, 6.07) is 8.37. The summed E-state index contributed by atoms with van der Waals surface area (Å²) in [4.78, 5) is 0. The molecule has 0 aliphatic heterocycles. The van der Waals surface area contributed by atoms with Crippen molar-refractivity contribution < 1.29 is 9.84 Å². The van der Waals surface area contributed by atoms with Gasteiger partial charge >= 0.3 is 0 Å². The highest BCUT2D eigenvalue weighted by Crippen LogP contribution is 2.29. The number of fused-ring (bicyclic) bond motifs is 1. The van der Waals surface area contributed by atoms with Crippen LogP contribution in [-0.2, 0) is 11.2 Å². The van der Waals surface area contributed by atoms with Gasteiger partial charge < -0.3 is 15.2 Å². The SMILES string of the molecule is COCCNCCC(C)(O)Cc1csc2ccccc12. The molecule has 1 atom stereocenters. The van der Waals surface area contributed by atoms with Crippen molar-refractivity contribution >= 4 is 21.4 Å². The number of aliphatic hydroxyl groups is 1. The second-order valence-corrected chi connectivity index (χ2v) is 6.33. The molecule has 1 heterocycles. The number of rotatable bonds is 8. The van der Waals surface area contributed by atoms with E-state index in [1.165, 1.54) is 15.6 Å².